The molecule has 7 heteroatoms. The predicted molar refractivity (Wildman–Crippen MR) is 159 cm³/mol. The number of hydrogen-bond donors (Lipinski definition) is 1. The van der Waals surface area contributed by atoms with Gasteiger partial charge in [0.15, 0.2) is 8.32 Å². The highest BCUT2D eigenvalue weighted by molar-refractivity contribution is 9.10. The Hall–Kier alpha value is -2.09. The van der Waals surface area contributed by atoms with Crippen LogP contribution in [0.3, 0.4) is 0 Å². The van der Waals surface area contributed by atoms with Crippen molar-refractivity contribution >= 4 is 41.7 Å². The summed E-state index contributed by atoms with van der Waals surface area (Å²) in [6, 6.07) is 14.5. The minimum atomic E-state index is -1.97. The van der Waals surface area contributed by atoms with E-state index in [9.17, 15) is 4.79 Å². The van der Waals surface area contributed by atoms with E-state index in [0.29, 0.717) is 6.61 Å². The minimum absolute atomic E-state index is 0.0292. The van der Waals surface area contributed by atoms with E-state index in [1.54, 1.807) is 0 Å². The van der Waals surface area contributed by atoms with Crippen LogP contribution in [0.15, 0.2) is 59.6 Å². The average Bonchev–Trinajstić information content (AvgIpc) is 3.09. The Morgan fingerprint density at radius 2 is 1.84 bits per heavy atom. The Bertz CT molecular complexity index is 1200. The molecular formula is C30H41BrN2O3Si. The number of benzene rings is 2. The van der Waals surface area contributed by atoms with E-state index < -0.39 is 19.3 Å². The molecule has 1 N–H and O–H groups in total. The molecule has 37 heavy (non-hydrogen) atoms. The van der Waals surface area contributed by atoms with Crippen LogP contribution in [0, 0.1) is 0 Å². The lowest BCUT2D eigenvalue weighted by molar-refractivity contribution is 0.0540. The molecule has 2 heterocycles. The second-order valence-corrected chi connectivity index (χ2v) is 18.5. The third-order valence-corrected chi connectivity index (χ3v) is 13.3. The summed E-state index contributed by atoms with van der Waals surface area (Å²) in [5.41, 5.74) is 3.01. The summed E-state index contributed by atoms with van der Waals surface area (Å²) in [5.74, 6) is -0.0292. The minimum Gasteiger partial charge on any atom is -0.443 e. The summed E-state index contributed by atoms with van der Waals surface area (Å²) in [5, 5.41) is 3.83. The van der Waals surface area contributed by atoms with Gasteiger partial charge in [-0.2, -0.15) is 0 Å². The Kier molecular flexibility index (Phi) is 7.23. The molecule has 0 aromatic heterocycles. The molecule has 2 aromatic rings. The molecule has 0 bridgehead atoms. The number of para-hydroxylation sites is 1. The molecule has 2 aliphatic heterocycles. The first-order valence-electron chi connectivity index (χ1n) is 13.1. The summed E-state index contributed by atoms with van der Waals surface area (Å²) < 4.78 is 13.6. The van der Waals surface area contributed by atoms with E-state index in [4.69, 9.17) is 9.16 Å². The van der Waals surface area contributed by atoms with Gasteiger partial charge in [0.05, 0.1) is 5.69 Å². The molecule has 2 aromatic carbocycles. The summed E-state index contributed by atoms with van der Waals surface area (Å²) in [6.45, 7) is 22.0. The second kappa shape index (κ2) is 9.58. The number of fused-ring (bicyclic) bond motifs is 4. The van der Waals surface area contributed by atoms with Crippen molar-refractivity contribution in [2.45, 2.75) is 89.2 Å². The fourth-order valence-corrected chi connectivity index (χ4v) is 6.84. The van der Waals surface area contributed by atoms with Crippen molar-refractivity contribution in [3.63, 3.8) is 0 Å². The lowest BCUT2D eigenvalue weighted by atomic mass is 9.62. The maximum absolute atomic E-state index is 13.9. The van der Waals surface area contributed by atoms with E-state index in [1.807, 2.05) is 49.9 Å². The van der Waals surface area contributed by atoms with E-state index in [-0.39, 0.29) is 23.2 Å². The van der Waals surface area contributed by atoms with Crippen LogP contribution < -0.4 is 10.2 Å². The van der Waals surface area contributed by atoms with Crippen LogP contribution in [0.2, 0.25) is 18.1 Å². The molecule has 0 radical (unpaired) electrons. The van der Waals surface area contributed by atoms with Crippen LogP contribution >= 0.6 is 15.9 Å². The smallest absolute Gasteiger partial charge is 0.416 e. The van der Waals surface area contributed by atoms with Gasteiger partial charge in [0.2, 0.25) is 0 Å². The summed E-state index contributed by atoms with van der Waals surface area (Å²) in [6.07, 6.45) is 2.06. The van der Waals surface area contributed by atoms with Crippen LogP contribution in [0.25, 0.3) is 0 Å². The van der Waals surface area contributed by atoms with Crippen molar-refractivity contribution in [1.82, 2.24) is 0 Å². The first kappa shape index (κ1) is 27.9. The van der Waals surface area contributed by atoms with E-state index in [1.165, 1.54) is 5.56 Å². The first-order chi connectivity index (χ1) is 17.1. The number of anilines is 2. The first-order valence-corrected chi connectivity index (χ1v) is 16.8. The number of rotatable bonds is 5. The number of hydrogen-bond acceptors (Lipinski definition) is 4. The number of amides is 1. The second-order valence-electron chi connectivity index (χ2n) is 12.8. The lowest BCUT2D eigenvalue weighted by Crippen LogP contribution is -2.60. The summed E-state index contributed by atoms with van der Waals surface area (Å²) >= 11 is 3.63. The number of carbonyl (C=O) groups is 1. The fraction of sp³-hybridized carbons (Fsp3) is 0.500. The predicted octanol–water partition coefficient (Wildman–Crippen LogP) is 8.58. The van der Waals surface area contributed by atoms with Gasteiger partial charge in [-0.05, 0) is 74.7 Å². The number of allylic oxidation sites excluding steroid dienone is 1. The summed E-state index contributed by atoms with van der Waals surface area (Å²) in [4.78, 5) is 15.7. The van der Waals surface area contributed by atoms with Crippen LogP contribution in [0.4, 0.5) is 16.2 Å². The van der Waals surface area contributed by atoms with Crippen LogP contribution in [0.5, 0.6) is 0 Å². The third kappa shape index (κ3) is 4.90. The van der Waals surface area contributed by atoms with E-state index >= 15 is 0 Å². The molecule has 3 atom stereocenters. The van der Waals surface area contributed by atoms with Gasteiger partial charge in [-0.15, -0.1) is 6.58 Å². The third-order valence-electron chi connectivity index (χ3n) is 8.22. The number of nitrogens with one attached hydrogen (secondary N) is 1. The van der Waals surface area contributed by atoms with Crippen molar-refractivity contribution in [2.24, 2.45) is 0 Å². The fourth-order valence-electron chi connectivity index (χ4n) is 5.45. The summed E-state index contributed by atoms with van der Waals surface area (Å²) in [7, 11) is -1.97. The van der Waals surface area contributed by atoms with Gasteiger partial charge in [0.25, 0.3) is 0 Å². The highest BCUT2D eigenvalue weighted by Gasteiger charge is 2.59. The zero-order valence-electron chi connectivity index (χ0n) is 23.4. The topological polar surface area (TPSA) is 50.8 Å². The number of ether oxygens (including phenoxy) is 1. The molecule has 0 saturated carbocycles. The highest BCUT2D eigenvalue weighted by Crippen LogP contribution is 2.59. The molecule has 0 aliphatic carbocycles. The normalized spacial score (nSPS) is 23.0. The molecule has 4 rings (SSSR count). The molecule has 1 amide bonds. The van der Waals surface area contributed by atoms with Gasteiger partial charge >= 0.3 is 6.09 Å². The Morgan fingerprint density at radius 1 is 1.16 bits per heavy atom. The zero-order valence-corrected chi connectivity index (χ0v) is 26.0. The molecular weight excluding hydrogens is 544 g/mol. The van der Waals surface area contributed by atoms with E-state index in [2.05, 4.69) is 86.0 Å². The maximum Gasteiger partial charge on any atom is 0.416 e. The zero-order chi connectivity index (χ0) is 27.4. The number of nitrogens with zero attached hydrogens (tertiary/aromatic N) is 1. The number of halogens is 1. The molecule has 0 fully saturated rings. The van der Waals surface area contributed by atoms with Gasteiger partial charge in [-0.25, -0.2) is 4.79 Å². The molecule has 5 nitrogen and oxygen atoms in total. The van der Waals surface area contributed by atoms with Gasteiger partial charge in [0.1, 0.15) is 11.8 Å². The van der Waals surface area contributed by atoms with Crippen molar-refractivity contribution < 1.29 is 14.0 Å². The highest BCUT2D eigenvalue weighted by atomic mass is 79.9. The average molecular weight is 586 g/mol. The molecule has 0 spiro atoms. The van der Waals surface area contributed by atoms with Crippen molar-refractivity contribution in [3.05, 3.63) is 70.7 Å². The molecule has 200 valence electrons. The van der Waals surface area contributed by atoms with Crippen molar-refractivity contribution in [1.29, 1.82) is 0 Å². The van der Waals surface area contributed by atoms with Crippen LogP contribution in [-0.4, -0.2) is 32.8 Å². The SMILES string of the molecule is C=C[C@H]1c2ccc(Br)cc2N(C(=O)OC(C)(C)C)[C@@H]2Nc3ccccc3[C@]12CCO[Si](C)(C)C(C)(C)C. The monoisotopic (exact) mass is 584 g/mol. The Balaban J connectivity index is 1.89. The molecule has 2 aliphatic rings. The largest absolute Gasteiger partial charge is 0.443 e. The van der Waals surface area contributed by atoms with Crippen molar-refractivity contribution in [2.75, 3.05) is 16.8 Å². The molecule has 0 unspecified atom stereocenters. The Morgan fingerprint density at radius 3 is 2.46 bits per heavy atom. The lowest BCUT2D eigenvalue weighted by Gasteiger charge is -2.51. The van der Waals surface area contributed by atoms with Gasteiger partial charge in [-0.1, -0.05) is 67.0 Å². The van der Waals surface area contributed by atoms with Crippen LogP contribution in [-0.2, 0) is 14.6 Å². The van der Waals surface area contributed by atoms with Gasteiger partial charge < -0.3 is 14.5 Å². The van der Waals surface area contributed by atoms with E-state index in [0.717, 1.165) is 27.8 Å². The van der Waals surface area contributed by atoms with Crippen molar-refractivity contribution in [3.8, 4) is 0 Å². The Labute approximate surface area is 231 Å². The quantitative estimate of drug-likeness (QED) is 0.282. The van der Waals surface area contributed by atoms with Gasteiger partial charge in [0, 0.05) is 28.1 Å². The maximum atomic E-state index is 13.9. The molecule has 0 saturated heterocycles. The standard InChI is InChI=1S/C30H41BrN2O3Si/c1-10-22-21-16-15-20(31)19-25(21)33(27(34)36-28(2,3)4)26-30(22,23-13-11-12-14-24(23)32-26)17-18-35-37(8,9)29(5,6)7/h10-16,19,22,26,32H,1,17-18H2,2-9H3/t22-,26-,30-/m0/s1. The van der Waals surface area contributed by atoms with Gasteiger partial charge in [-0.3, -0.25) is 4.90 Å². The number of carbonyl (C=O) groups excluding carboxylic acids is 1. The van der Waals surface area contributed by atoms with Crippen LogP contribution in [0.1, 0.15) is 65.0 Å².